The molecule has 1 saturated heterocycles. The lowest BCUT2D eigenvalue weighted by molar-refractivity contribution is -0.124. The third-order valence-corrected chi connectivity index (χ3v) is 10.0. The van der Waals surface area contributed by atoms with Gasteiger partial charge in [0.15, 0.2) is 15.6 Å². The Balaban J connectivity index is 1.78. The molecule has 5 atom stereocenters. The summed E-state index contributed by atoms with van der Waals surface area (Å²) in [5, 5.41) is 8.16. The van der Waals surface area contributed by atoms with Gasteiger partial charge in [-0.2, -0.15) is 0 Å². The number of hydrogen-bond donors (Lipinski definition) is 3. The van der Waals surface area contributed by atoms with Gasteiger partial charge in [0.2, 0.25) is 11.8 Å². The van der Waals surface area contributed by atoms with Crippen molar-refractivity contribution in [2.45, 2.75) is 95.6 Å². The summed E-state index contributed by atoms with van der Waals surface area (Å²) in [6.07, 6.45) is -1.29. The molecule has 0 aliphatic carbocycles. The van der Waals surface area contributed by atoms with Gasteiger partial charge in [-0.15, -0.1) is 0 Å². The summed E-state index contributed by atoms with van der Waals surface area (Å²) in [5.74, 6) is -1.46. The number of ketones is 1. The summed E-state index contributed by atoms with van der Waals surface area (Å²) in [6, 6.07) is 15.2. The maximum atomic E-state index is 13.7. The van der Waals surface area contributed by atoms with Gasteiger partial charge < -0.3 is 25.4 Å². The van der Waals surface area contributed by atoms with Crippen molar-refractivity contribution in [2.24, 2.45) is 5.92 Å². The number of ether oxygens (including phenoxy) is 2. The number of carbonyl (C=O) groups excluding carboxylic acids is 4. The maximum Gasteiger partial charge on any atom is 0.408 e. The fraction of sp³-hybridized carbons (Fsp3) is 0.515. The third-order valence-electron chi connectivity index (χ3n) is 7.87. The van der Waals surface area contributed by atoms with E-state index in [2.05, 4.69) is 16.0 Å². The van der Waals surface area contributed by atoms with E-state index in [9.17, 15) is 27.6 Å². The van der Waals surface area contributed by atoms with Gasteiger partial charge in [-0.25, -0.2) is 13.2 Å². The highest BCUT2D eigenvalue weighted by Crippen LogP contribution is 2.31. The first-order chi connectivity index (χ1) is 21.0. The zero-order valence-electron chi connectivity index (χ0n) is 26.9. The average Bonchev–Trinajstić information content (AvgIpc) is 3.72. The summed E-state index contributed by atoms with van der Waals surface area (Å²) in [7, 11) is -3.84. The minimum Gasteiger partial charge on any atom is -0.447 e. The number of epoxide rings is 1. The van der Waals surface area contributed by atoms with E-state index in [1.165, 1.54) is 13.8 Å². The highest BCUT2D eigenvalue weighted by atomic mass is 32.2. The van der Waals surface area contributed by atoms with Crippen LogP contribution in [0.2, 0.25) is 0 Å². The van der Waals surface area contributed by atoms with Crippen molar-refractivity contribution in [3.63, 3.8) is 0 Å². The van der Waals surface area contributed by atoms with Crippen LogP contribution in [0.3, 0.4) is 0 Å². The summed E-state index contributed by atoms with van der Waals surface area (Å²) in [4.78, 5) is 52.4. The molecule has 0 unspecified atom stereocenters. The molecule has 0 aromatic heterocycles. The van der Waals surface area contributed by atoms with E-state index in [1.807, 2.05) is 50.2 Å². The molecule has 1 aliphatic rings. The number of carbonyl (C=O) groups is 4. The van der Waals surface area contributed by atoms with Crippen LogP contribution in [0.25, 0.3) is 0 Å². The zero-order valence-corrected chi connectivity index (χ0v) is 27.7. The number of hydrogen-bond acceptors (Lipinski definition) is 8. The molecule has 12 heteroatoms. The Hall–Kier alpha value is -3.77. The molecule has 0 bridgehead atoms. The first-order valence-electron chi connectivity index (χ1n) is 15.1. The second kappa shape index (κ2) is 15.0. The number of rotatable bonds is 15. The molecule has 2 aromatic rings. The number of amides is 3. The lowest BCUT2D eigenvalue weighted by Crippen LogP contribution is -2.62. The van der Waals surface area contributed by atoms with Gasteiger partial charge in [0.25, 0.3) is 0 Å². The molecule has 0 saturated carbocycles. The molecule has 1 fully saturated rings. The predicted octanol–water partition coefficient (Wildman–Crippen LogP) is 3.22. The Morgan fingerprint density at radius 3 is 2.00 bits per heavy atom. The molecule has 2 aromatic carbocycles. The lowest BCUT2D eigenvalue weighted by Gasteiger charge is -2.33. The standard InChI is InChI=1S/C33H45N3O8S/c1-20(2)27(28(38)23-16-12-9-13-17-23)35-26(37)19-25-29(44-25)24(18-22-14-10-8-11-15-22)34-31(39)30(33(5,6)45(7,41)42)36-32(40)43-21(3)4/h8-17,20-21,24-25,27,29-30H,18-19H2,1-7H3,(H,34,39)(H,35,37)(H,36,40)/t24-,25-,27-,29+,30+/m0/s1. The number of sulfone groups is 1. The number of Topliss-reactive ketones (excluding diaryl/α,β-unsaturated/α-hetero) is 1. The molecular weight excluding hydrogens is 598 g/mol. The van der Waals surface area contributed by atoms with E-state index in [0.29, 0.717) is 12.0 Å². The van der Waals surface area contributed by atoms with E-state index in [0.717, 1.165) is 11.8 Å². The molecule has 0 spiro atoms. The van der Waals surface area contributed by atoms with Gasteiger partial charge in [0.05, 0.1) is 35.5 Å². The molecule has 3 rings (SSSR count). The first kappa shape index (κ1) is 35.7. The number of benzene rings is 2. The minimum atomic E-state index is -3.84. The van der Waals surface area contributed by atoms with Gasteiger partial charge in [0, 0.05) is 11.8 Å². The van der Waals surface area contributed by atoms with Gasteiger partial charge in [-0.05, 0) is 45.6 Å². The van der Waals surface area contributed by atoms with Crippen LogP contribution in [0.4, 0.5) is 4.79 Å². The Bertz CT molecular complexity index is 1440. The van der Waals surface area contributed by atoms with Gasteiger partial charge in [-0.1, -0.05) is 74.5 Å². The largest absolute Gasteiger partial charge is 0.447 e. The van der Waals surface area contributed by atoms with Crippen LogP contribution in [0, 0.1) is 5.92 Å². The van der Waals surface area contributed by atoms with Crippen LogP contribution in [0.15, 0.2) is 60.7 Å². The van der Waals surface area contributed by atoms with Gasteiger partial charge in [-0.3, -0.25) is 14.4 Å². The van der Waals surface area contributed by atoms with Gasteiger partial charge >= 0.3 is 6.09 Å². The molecule has 1 heterocycles. The molecular formula is C33H45N3O8S. The van der Waals surface area contributed by atoms with Crippen molar-refractivity contribution in [3.8, 4) is 0 Å². The SMILES string of the molecule is CC(C)OC(=O)N[C@H](C(=O)N[C@@H](Cc1ccccc1)[C@H]1O[C@H]1CC(=O)N[C@H](C(=O)c1ccccc1)C(C)C)C(C)(C)S(C)(=O)=O. The van der Waals surface area contributed by atoms with Crippen LogP contribution in [-0.4, -0.2) is 79.5 Å². The second-order valence-electron chi connectivity index (χ2n) is 12.6. The Morgan fingerprint density at radius 1 is 0.889 bits per heavy atom. The molecule has 11 nitrogen and oxygen atoms in total. The van der Waals surface area contributed by atoms with Crippen LogP contribution in [0.1, 0.15) is 63.9 Å². The quantitative estimate of drug-likeness (QED) is 0.197. The highest BCUT2D eigenvalue weighted by molar-refractivity contribution is 7.92. The van der Waals surface area contributed by atoms with Gasteiger partial charge in [0.1, 0.15) is 12.1 Å². The highest BCUT2D eigenvalue weighted by Gasteiger charge is 2.50. The van der Waals surface area contributed by atoms with Crippen molar-refractivity contribution < 1.29 is 37.1 Å². The topological polar surface area (TPSA) is 160 Å². The van der Waals surface area contributed by atoms with E-state index < -0.39 is 63.0 Å². The van der Waals surface area contributed by atoms with Crippen molar-refractivity contribution >= 4 is 33.5 Å². The van der Waals surface area contributed by atoms with Crippen molar-refractivity contribution in [1.82, 2.24) is 16.0 Å². The van der Waals surface area contributed by atoms with Crippen molar-refractivity contribution in [2.75, 3.05) is 6.26 Å². The summed E-state index contributed by atoms with van der Waals surface area (Å²) in [5.41, 5.74) is 1.38. The molecule has 3 amide bonds. The van der Waals surface area contributed by atoms with E-state index in [4.69, 9.17) is 9.47 Å². The predicted molar refractivity (Wildman–Crippen MR) is 170 cm³/mol. The molecule has 246 valence electrons. The van der Waals surface area contributed by atoms with Crippen molar-refractivity contribution in [3.05, 3.63) is 71.8 Å². The zero-order chi connectivity index (χ0) is 33.5. The number of alkyl carbamates (subject to hydrolysis) is 1. The third kappa shape index (κ3) is 9.86. The Morgan fingerprint density at radius 2 is 1.47 bits per heavy atom. The normalized spacial score (nSPS) is 18.4. The van der Waals surface area contributed by atoms with Crippen LogP contribution in [-0.2, 0) is 35.3 Å². The fourth-order valence-corrected chi connectivity index (χ4v) is 5.52. The number of nitrogens with one attached hydrogen (secondary N) is 3. The monoisotopic (exact) mass is 643 g/mol. The Kier molecular flexibility index (Phi) is 11.9. The van der Waals surface area contributed by atoms with E-state index in [1.54, 1.807) is 38.1 Å². The van der Waals surface area contributed by atoms with E-state index in [-0.39, 0.29) is 24.0 Å². The summed E-state index contributed by atoms with van der Waals surface area (Å²) >= 11 is 0. The maximum absolute atomic E-state index is 13.7. The smallest absolute Gasteiger partial charge is 0.408 e. The summed E-state index contributed by atoms with van der Waals surface area (Å²) in [6.45, 7) is 9.69. The average molecular weight is 644 g/mol. The molecule has 1 aliphatic heterocycles. The van der Waals surface area contributed by atoms with Crippen LogP contribution >= 0.6 is 0 Å². The van der Waals surface area contributed by atoms with Crippen LogP contribution < -0.4 is 16.0 Å². The fourth-order valence-electron chi connectivity index (χ4n) is 4.93. The first-order valence-corrected chi connectivity index (χ1v) is 17.0. The Labute approximate surface area is 265 Å². The molecule has 0 radical (unpaired) electrons. The lowest BCUT2D eigenvalue weighted by atomic mass is 9.94. The second-order valence-corrected chi connectivity index (χ2v) is 15.2. The molecule has 3 N–H and O–H groups in total. The van der Waals surface area contributed by atoms with E-state index >= 15 is 0 Å². The minimum absolute atomic E-state index is 0.0473. The van der Waals surface area contributed by atoms with Crippen LogP contribution in [0.5, 0.6) is 0 Å². The summed E-state index contributed by atoms with van der Waals surface area (Å²) < 4.78 is 34.7. The van der Waals surface area contributed by atoms with Crippen molar-refractivity contribution in [1.29, 1.82) is 0 Å². The molecule has 45 heavy (non-hydrogen) atoms.